The Hall–Kier alpha value is -0.850. The Kier molecular flexibility index (Phi) is 1.22. The first-order valence-corrected chi connectivity index (χ1v) is 6.75. The second-order valence-corrected chi connectivity index (χ2v) is 6.51. The summed E-state index contributed by atoms with van der Waals surface area (Å²) in [5.41, 5.74) is 0. The molecule has 0 heterocycles. The fourth-order valence-corrected chi connectivity index (χ4v) is 5.79. The van der Waals surface area contributed by atoms with Gasteiger partial charge >= 0.3 is 0 Å². The van der Waals surface area contributed by atoms with E-state index in [1.165, 1.54) is 12.8 Å². The highest BCUT2D eigenvalue weighted by Crippen LogP contribution is 2.66. The lowest BCUT2D eigenvalue weighted by Crippen LogP contribution is -2.24. The van der Waals surface area contributed by atoms with E-state index in [4.69, 9.17) is 0 Å². The van der Waals surface area contributed by atoms with E-state index in [1.54, 1.807) is 0 Å². The summed E-state index contributed by atoms with van der Waals surface area (Å²) >= 11 is 0. The highest BCUT2D eigenvalue weighted by molar-refractivity contribution is 5.89. The first-order valence-electron chi connectivity index (χ1n) is 6.75. The highest BCUT2D eigenvalue weighted by atomic mass is 16.1. The Labute approximate surface area is 95.6 Å². The van der Waals surface area contributed by atoms with Crippen molar-refractivity contribution in [3.63, 3.8) is 0 Å². The lowest BCUT2D eigenvalue weighted by Gasteiger charge is -2.28. The van der Waals surface area contributed by atoms with Crippen molar-refractivity contribution >= 4 is 5.78 Å². The molecule has 8 atom stereocenters. The SMILES string of the molecule is O=C1[C@H]2[C@H]([C@@H]3[C@H]1[C@H]1C=C[C@H]3C1)[C@H]1C=C[C@H]2C1. The second kappa shape index (κ2) is 2.37. The number of carbonyl (C=O) groups excluding carboxylic acids is 1. The predicted molar refractivity (Wildman–Crippen MR) is 60.4 cm³/mol. The number of hydrogen-bond acceptors (Lipinski definition) is 1. The van der Waals surface area contributed by atoms with Gasteiger partial charge in [-0.15, -0.1) is 0 Å². The molecule has 5 aliphatic rings. The normalized spacial score (nSPS) is 63.4. The van der Waals surface area contributed by atoms with Gasteiger partial charge in [-0.3, -0.25) is 4.79 Å². The van der Waals surface area contributed by atoms with Crippen molar-refractivity contribution in [3.8, 4) is 0 Å². The fourth-order valence-electron chi connectivity index (χ4n) is 5.79. The van der Waals surface area contributed by atoms with Gasteiger partial charge in [-0.2, -0.15) is 0 Å². The van der Waals surface area contributed by atoms with Crippen molar-refractivity contribution in [2.24, 2.45) is 47.3 Å². The summed E-state index contributed by atoms with van der Waals surface area (Å²) in [6, 6.07) is 0. The lowest BCUT2D eigenvalue weighted by molar-refractivity contribution is -0.125. The van der Waals surface area contributed by atoms with Crippen molar-refractivity contribution < 1.29 is 4.79 Å². The van der Waals surface area contributed by atoms with Crippen LogP contribution in [0.2, 0.25) is 0 Å². The minimum atomic E-state index is 0.426. The number of allylic oxidation sites excluding steroid dienone is 4. The summed E-state index contributed by atoms with van der Waals surface area (Å²) in [5, 5.41) is 0. The highest BCUT2D eigenvalue weighted by Gasteiger charge is 2.65. The van der Waals surface area contributed by atoms with Crippen LogP contribution in [0.15, 0.2) is 24.3 Å². The van der Waals surface area contributed by atoms with Crippen LogP contribution < -0.4 is 0 Å². The smallest absolute Gasteiger partial charge is 0.140 e. The van der Waals surface area contributed by atoms with Gasteiger partial charge in [-0.05, 0) is 48.3 Å². The fraction of sp³-hybridized carbons (Fsp3) is 0.667. The van der Waals surface area contributed by atoms with Crippen LogP contribution in [0.25, 0.3) is 0 Å². The number of fused-ring (bicyclic) bond motifs is 11. The van der Waals surface area contributed by atoms with Crippen LogP contribution >= 0.6 is 0 Å². The third-order valence-electron chi connectivity index (χ3n) is 6.14. The minimum Gasteiger partial charge on any atom is -0.299 e. The summed E-state index contributed by atoms with van der Waals surface area (Å²) in [7, 11) is 0. The van der Waals surface area contributed by atoms with Crippen LogP contribution in [0.1, 0.15) is 12.8 Å². The van der Waals surface area contributed by atoms with E-state index in [-0.39, 0.29) is 0 Å². The van der Waals surface area contributed by atoms with Crippen molar-refractivity contribution in [1.29, 1.82) is 0 Å². The van der Waals surface area contributed by atoms with Gasteiger partial charge < -0.3 is 0 Å². The number of Topliss-reactive ketones (excluding diaryl/α,β-unsaturated/α-hetero) is 1. The van der Waals surface area contributed by atoms with Crippen LogP contribution in [0.4, 0.5) is 0 Å². The standard InChI is InChI=1S/C15H16O/c16-15-13-9-3-1-7(5-9)11(13)12-8-2-4-10(6-8)14(12)15/h1-4,7-14H,5-6H2/t7-,8-,9-,10-,11-,12+,13+,14+/m0/s1. The van der Waals surface area contributed by atoms with Crippen LogP contribution in [0.5, 0.6) is 0 Å². The molecule has 0 amide bonds. The molecular formula is C15H16O. The molecule has 5 aliphatic carbocycles. The lowest BCUT2D eigenvalue weighted by atomic mass is 9.75. The number of hydrogen-bond donors (Lipinski definition) is 0. The summed E-state index contributed by atoms with van der Waals surface area (Å²) in [4.78, 5) is 12.6. The average Bonchev–Trinajstić information content (AvgIpc) is 2.98. The molecule has 4 bridgehead atoms. The van der Waals surface area contributed by atoms with Crippen LogP contribution in [-0.2, 0) is 4.79 Å². The molecule has 0 radical (unpaired) electrons. The Morgan fingerprint density at radius 1 is 0.750 bits per heavy atom. The Bertz CT molecular complexity index is 406. The van der Waals surface area contributed by atoms with E-state index < -0.39 is 0 Å². The zero-order valence-electron chi connectivity index (χ0n) is 9.25. The van der Waals surface area contributed by atoms with E-state index in [0.717, 1.165) is 23.7 Å². The molecule has 0 N–H and O–H groups in total. The maximum absolute atomic E-state index is 12.6. The van der Waals surface area contributed by atoms with Crippen molar-refractivity contribution in [2.75, 3.05) is 0 Å². The summed E-state index contributed by atoms with van der Waals surface area (Å²) in [5.74, 6) is 5.69. The Morgan fingerprint density at radius 3 is 1.69 bits per heavy atom. The number of ketones is 1. The van der Waals surface area contributed by atoms with Gasteiger partial charge in [0.15, 0.2) is 0 Å². The third kappa shape index (κ3) is 0.687. The van der Waals surface area contributed by atoms with Gasteiger partial charge in [0.25, 0.3) is 0 Å². The molecule has 0 saturated heterocycles. The molecule has 0 aromatic heterocycles. The van der Waals surface area contributed by atoms with E-state index in [2.05, 4.69) is 24.3 Å². The zero-order valence-corrected chi connectivity index (χ0v) is 9.25. The van der Waals surface area contributed by atoms with Gasteiger partial charge in [0.2, 0.25) is 0 Å². The molecule has 5 rings (SSSR count). The topological polar surface area (TPSA) is 17.1 Å². The van der Waals surface area contributed by atoms with Crippen LogP contribution in [-0.4, -0.2) is 5.78 Å². The molecule has 16 heavy (non-hydrogen) atoms. The monoisotopic (exact) mass is 212 g/mol. The second-order valence-electron chi connectivity index (χ2n) is 6.51. The van der Waals surface area contributed by atoms with Crippen molar-refractivity contribution in [3.05, 3.63) is 24.3 Å². The van der Waals surface area contributed by atoms with E-state index >= 15 is 0 Å². The quantitative estimate of drug-likeness (QED) is 0.564. The van der Waals surface area contributed by atoms with E-state index in [0.29, 0.717) is 29.5 Å². The molecule has 0 unspecified atom stereocenters. The molecule has 1 heteroatoms. The molecule has 3 saturated carbocycles. The van der Waals surface area contributed by atoms with E-state index in [9.17, 15) is 4.79 Å². The van der Waals surface area contributed by atoms with Gasteiger partial charge in [-0.25, -0.2) is 0 Å². The van der Waals surface area contributed by atoms with Gasteiger partial charge in [0.05, 0.1) is 0 Å². The molecule has 0 spiro atoms. The number of carbonyl (C=O) groups is 1. The molecular weight excluding hydrogens is 196 g/mol. The Morgan fingerprint density at radius 2 is 1.19 bits per heavy atom. The first-order chi connectivity index (χ1) is 7.84. The summed E-state index contributed by atoms with van der Waals surface area (Å²) in [6.07, 6.45) is 12.1. The minimum absolute atomic E-state index is 0.426. The molecule has 0 aromatic rings. The first kappa shape index (κ1) is 8.27. The van der Waals surface area contributed by atoms with Crippen LogP contribution in [0, 0.1) is 47.3 Å². The van der Waals surface area contributed by atoms with E-state index in [1.807, 2.05) is 0 Å². The van der Waals surface area contributed by atoms with Gasteiger partial charge in [-0.1, -0.05) is 24.3 Å². The van der Waals surface area contributed by atoms with Crippen molar-refractivity contribution in [1.82, 2.24) is 0 Å². The number of rotatable bonds is 0. The third-order valence-corrected chi connectivity index (χ3v) is 6.14. The predicted octanol–water partition coefficient (Wildman–Crippen LogP) is 2.45. The molecule has 0 aromatic carbocycles. The van der Waals surface area contributed by atoms with Crippen LogP contribution in [0.3, 0.4) is 0 Å². The summed E-state index contributed by atoms with van der Waals surface area (Å²) < 4.78 is 0. The summed E-state index contributed by atoms with van der Waals surface area (Å²) in [6.45, 7) is 0. The zero-order chi connectivity index (χ0) is 10.4. The van der Waals surface area contributed by atoms with Gasteiger partial charge in [0.1, 0.15) is 5.78 Å². The molecule has 0 aliphatic heterocycles. The Balaban J connectivity index is 1.67. The maximum atomic E-state index is 12.6. The molecule has 1 nitrogen and oxygen atoms in total. The molecule has 3 fully saturated rings. The maximum Gasteiger partial charge on any atom is 0.140 e. The molecule has 82 valence electrons. The average molecular weight is 212 g/mol. The largest absolute Gasteiger partial charge is 0.299 e. The van der Waals surface area contributed by atoms with Gasteiger partial charge in [0, 0.05) is 11.8 Å². The van der Waals surface area contributed by atoms with Crippen molar-refractivity contribution in [2.45, 2.75) is 12.8 Å².